The SMILES string of the molecule is CCCCCC(C1=CCCCC1)S(=O)(=O)O. The maximum Gasteiger partial charge on any atom is 0.271 e. The summed E-state index contributed by atoms with van der Waals surface area (Å²) in [6.07, 6.45) is 9.51. The highest BCUT2D eigenvalue weighted by molar-refractivity contribution is 7.86. The first-order valence-electron chi connectivity index (χ1n) is 6.21. The Labute approximate surface area is 98.7 Å². The summed E-state index contributed by atoms with van der Waals surface area (Å²) in [6, 6.07) is 0. The van der Waals surface area contributed by atoms with Crippen LogP contribution in [0.3, 0.4) is 0 Å². The Kier molecular flexibility index (Phi) is 5.49. The van der Waals surface area contributed by atoms with E-state index in [9.17, 15) is 13.0 Å². The summed E-state index contributed by atoms with van der Waals surface area (Å²) in [5.41, 5.74) is 0.935. The van der Waals surface area contributed by atoms with Gasteiger partial charge >= 0.3 is 0 Å². The van der Waals surface area contributed by atoms with Crippen LogP contribution in [0.15, 0.2) is 11.6 Å². The van der Waals surface area contributed by atoms with E-state index in [0.29, 0.717) is 6.42 Å². The largest absolute Gasteiger partial charge is 0.285 e. The minimum absolute atomic E-state index is 0.568. The number of unbranched alkanes of at least 4 members (excludes halogenated alkanes) is 2. The van der Waals surface area contributed by atoms with Gasteiger partial charge in [0, 0.05) is 0 Å². The molecule has 0 aromatic rings. The molecule has 0 spiro atoms. The van der Waals surface area contributed by atoms with Gasteiger partial charge in [-0.3, -0.25) is 4.55 Å². The first kappa shape index (κ1) is 13.7. The number of hydrogen-bond acceptors (Lipinski definition) is 2. The summed E-state index contributed by atoms with van der Waals surface area (Å²) in [4.78, 5) is 0. The van der Waals surface area contributed by atoms with Gasteiger partial charge < -0.3 is 0 Å². The lowest BCUT2D eigenvalue weighted by Crippen LogP contribution is -2.24. The van der Waals surface area contributed by atoms with Crippen LogP contribution >= 0.6 is 0 Å². The van der Waals surface area contributed by atoms with E-state index in [1.165, 1.54) is 0 Å². The topological polar surface area (TPSA) is 54.4 Å². The molecule has 0 fully saturated rings. The zero-order chi connectivity index (χ0) is 12.0. The molecule has 0 aromatic carbocycles. The molecule has 0 saturated heterocycles. The van der Waals surface area contributed by atoms with Crippen molar-refractivity contribution in [1.82, 2.24) is 0 Å². The van der Waals surface area contributed by atoms with Crippen molar-refractivity contribution in [3.63, 3.8) is 0 Å². The number of allylic oxidation sites excluding steroid dienone is 1. The number of hydrogen-bond donors (Lipinski definition) is 1. The van der Waals surface area contributed by atoms with Gasteiger partial charge in [0.25, 0.3) is 10.1 Å². The van der Waals surface area contributed by atoms with E-state index < -0.39 is 15.4 Å². The summed E-state index contributed by atoms with van der Waals surface area (Å²) in [7, 11) is -3.91. The summed E-state index contributed by atoms with van der Waals surface area (Å²) in [6.45, 7) is 2.09. The molecule has 0 radical (unpaired) electrons. The van der Waals surface area contributed by atoms with Gasteiger partial charge in [0.1, 0.15) is 5.25 Å². The van der Waals surface area contributed by atoms with Gasteiger partial charge in [-0.15, -0.1) is 0 Å². The zero-order valence-electron chi connectivity index (χ0n) is 9.98. The van der Waals surface area contributed by atoms with E-state index in [0.717, 1.165) is 50.5 Å². The predicted octanol–water partition coefficient (Wildman–Crippen LogP) is 3.32. The molecule has 1 aliphatic rings. The van der Waals surface area contributed by atoms with Crippen LogP contribution in [-0.4, -0.2) is 18.2 Å². The minimum atomic E-state index is -3.91. The lowest BCUT2D eigenvalue weighted by molar-refractivity contribution is 0.462. The smallest absolute Gasteiger partial charge is 0.271 e. The second-order valence-electron chi connectivity index (χ2n) is 4.52. The molecule has 0 heterocycles. The highest BCUT2D eigenvalue weighted by Crippen LogP contribution is 2.27. The third kappa shape index (κ3) is 4.26. The second kappa shape index (κ2) is 6.40. The molecule has 94 valence electrons. The van der Waals surface area contributed by atoms with E-state index >= 15 is 0 Å². The van der Waals surface area contributed by atoms with Crippen molar-refractivity contribution in [3.8, 4) is 0 Å². The maximum absolute atomic E-state index is 11.3. The minimum Gasteiger partial charge on any atom is -0.285 e. The van der Waals surface area contributed by atoms with Gasteiger partial charge in [0.05, 0.1) is 0 Å². The first-order valence-corrected chi connectivity index (χ1v) is 7.71. The Balaban J connectivity index is 2.67. The van der Waals surface area contributed by atoms with Gasteiger partial charge in [-0.25, -0.2) is 0 Å². The van der Waals surface area contributed by atoms with Crippen molar-refractivity contribution in [2.24, 2.45) is 0 Å². The molecule has 0 saturated carbocycles. The summed E-state index contributed by atoms with van der Waals surface area (Å²) < 4.78 is 31.9. The van der Waals surface area contributed by atoms with E-state index in [4.69, 9.17) is 0 Å². The monoisotopic (exact) mass is 246 g/mol. The van der Waals surface area contributed by atoms with Crippen molar-refractivity contribution in [3.05, 3.63) is 11.6 Å². The van der Waals surface area contributed by atoms with Crippen LogP contribution in [0, 0.1) is 0 Å². The van der Waals surface area contributed by atoms with E-state index in [1.54, 1.807) is 0 Å². The molecule has 1 rings (SSSR count). The number of rotatable bonds is 6. The Hall–Kier alpha value is -0.350. The molecule has 16 heavy (non-hydrogen) atoms. The van der Waals surface area contributed by atoms with Crippen LogP contribution in [0.4, 0.5) is 0 Å². The van der Waals surface area contributed by atoms with Crippen LogP contribution in [0.25, 0.3) is 0 Å². The Morgan fingerprint density at radius 1 is 1.38 bits per heavy atom. The first-order chi connectivity index (χ1) is 7.55. The van der Waals surface area contributed by atoms with Crippen molar-refractivity contribution in [2.45, 2.75) is 63.5 Å². The second-order valence-corrected chi connectivity index (χ2v) is 6.12. The molecule has 1 aliphatic carbocycles. The van der Waals surface area contributed by atoms with Crippen molar-refractivity contribution in [2.75, 3.05) is 0 Å². The molecular weight excluding hydrogens is 224 g/mol. The summed E-state index contributed by atoms with van der Waals surface area (Å²) in [5, 5.41) is -0.639. The van der Waals surface area contributed by atoms with E-state index in [-0.39, 0.29) is 0 Å². The fourth-order valence-electron chi connectivity index (χ4n) is 2.26. The van der Waals surface area contributed by atoms with Gasteiger partial charge in [-0.05, 0) is 32.1 Å². The molecule has 1 N–H and O–H groups in total. The van der Waals surface area contributed by atoms with Gasteiger partial charge in [-0.2, -0.15) is 8.42 Å². The van der Waals surface area contributed by atoms with E-state index in [2.05, 4.69) is 6.92 Å². The molecule has 1 atom stereocenters. The molecule has 4 heteroatoms. The molecule has 0 bridgehead atoms. The van der Waals surface area contributed by atoms with Crippen LogP contribution < -0.4 is 0 Å². The average molecular weight is 246 g/mol. The van der Waals surface area contributed by atoms with Crippen LogP contribution in [0.2, 0.25) is 0 Å². The molecule has 1 unspecified atom stereocenters. The third-order valence-corrected chi connectivity index (χ3v) is 4.43. The van der Waals surface area contributed by atoms with Gasteiger partial charge in [-0.1, -0.05) is 37.8 Å². The van der Waals surface area contributed by atoms with Crippen molar-refractivity contribution >= 4 is 10.1 Å². The zero-order valence-corrected chi connectivity index (χ0v) is 10.8. The molecule has 0 amide bonds. The highest BCUT2D eigenvalue weighted by Gasteiger charge is 2.26. The Morgan fingerprint density at radius 2 is 2.12 bits per heavy atom. The summed E-state index contributed by atoms with van der Waals surface area (Å²) in [5.74, 6) is 0. The fourth-order valence-corrected chi connectivity index (χ4v) is 3.32. The van der Waals surface area contributed by atoms with Crippen LogP contribution in [0.1, 0.15) is 58.3 Å². The highest BCUT2D eigenvalue weighted by atomic mass is 32.2. The molecule has 0 aromatic heterocycles. The lowest BCUT2D eigenvalue weighted by atomic mass is 9.94. The maximum atomic E-state index is 11.3. The van der Waals surface area contributed by atoms with E-state index in [1.807, 2.05) is 6.08 Å². The summed E-state index contributed by atoms with van der Waals surface area (Å²) >= 11 is 0. The molecular formula is C12H22O3S. The quantitative estimate of drug-likeness (QED) is 0.444. The average Bonchev–Trinajstić information content (AvgIpc) is 2.24. The third-order valence-electron chi connectivity index (χ3n) is 3.17. The Bertz CT molecular complexity index is 330. The van der Waals surface area contributed by atoms with Crippen LogP contribution in [0.5, 0.6) is 0 Å². The standard InChI is InChI=1S/C12H22O3S/c1-2-3-5-10-12(16(13,14)15)11-8-6-4-7-9-11/h8,12H,2-7,9-10H2,1H3,(H,13,14,15). The fraction of sp³-hybridized carbons (Fsp3) is 0.833. The van der Waals surface area contributed by atoms with Gasteiger partial charge in [0.2, 0.25) is 0 Å². The van der Waals surface area contributed by atoms with Crippen LogP contribution in [-0.2, 0) is 10.1 Å². The van der Waals surface area contributed by atoms with Gasteiger partial charge in [0.15, 0.2) is 0 Å². The normalized spacial score (nSPS) is 19.2. The predicted molar refractivity (Wildman–Crippen MR) is 66.0 cm³/mol. The van der Waals surface area contributed by atoms with Crippen molar-refractivity contribution < 1.29 is 13.0 Å². The molecule has 3 nitrogen and oxygen atoms in total. The van der Waals surface area contributed by atoms with Crippen molar-refractivity contribution in [1.29, 1.82) is 0 Å². The molecule has 0 aliphatic heterocycles. The lowest BCUT2D eigenvalue weighted by Gasteiger charge is -2.20. The Morgan fingerprint density at radius 3 is 2.62 bits per heavy atom.